The Bertz CT molecular complexity index is 333. The fourth-order valence-corrected chi connectivity index (χ4v) is 3.66. The van der Waals surface area contributed by atoms with Crippen LogP contribution in [0, 0.1) is 0 Å². The van der Waals surface area contributed by atoms with Gasteiger partial charge in [-0.2, -0.15) is 0 Å². The third-order valence-corrected chi connectivity index (χ3v) is 5.03. The molecule has 4 atom stereocenters. The molecule has 0 aromatic heterocycles. The fraction of sp³-hybridized carbons (Fsp3) is 0.933. The van der Waals surface area contributed by atoms with Gasteiger partial charge in [0, 0.05) is 51.4 Å². The number of nitrogens with zero attached hydrogens (tertiary/aromatic N) is 2. The minimum absolute atomic E-state index is 0.0793. The molecule has 0 bridgehead atoms. The van der Waals surface area contributed by atoms with E-state index in [4.69, 9.17) is 10.2 Å². The van der Waals surface area contributed by atoms with E-state index in [2.05, 4.69) is 20.4 Å². The van der Waals surface area contributed by atoms with E-state index >= 15 is 0 Å². The van der Waals surface area contributed by atoms with Crippen LogP contribution in [0.25, 0.3) is 0 Å². The monoisotopic (exact) mass is 314 g/mol. The minimum atomic E-state index is -0.214. The van der Waals surface area contributed by atoms with Crippen LogP contribution in [-0.2, 0) is 4.79 Å². The van der Waals surface area contributed by atoms with Crippen LogP contribution in [0.5, 0.6) is 0 Å². The molecule has 4 N–H and O–H groups in total. The van der Waals surface area contributed by atoms with Crippen LogP contribution >= 0.6 is 0 Å². The molecular weight excluding hydrogens is 284 g/mol. The molecule has 7 nitrogen and oxygen atoms in total. The predicted molar refractivity (Wildman–Crippen MR) is 84.8 cm³/mol. The van der Waals surface area contributed by atoms with Gasteiger partial charge < -0.3 is 20.8 Å². The van der Waals surface area contributed by atoms with E-state index < -0.39 is 0 Å². The summed E-state index contributed by atoms with van der Waals surface area (Å²) in [4.78, 5) is 17.3. The molecule has 0 spiro atoms. The van der Waals surface area contributed by atoms with E-state index in [0.717, 1.165) is 26.2 Å². The lowest BCUT2D eigenvalue weighted by Gasteiger charge is -2.44. The standard InChI is InChI=1S/C15H30N4O3/c1-11-13(16-3-5-18(11)7-9-20)15(22)14-12(2)19(8-10-21)6-4-17-14/h11-14,16-17,20-21H,3-10H2,1-2H3. The molecule has 0 aliphatic carbocycles. The molecule has 0 saturated carbocycles. The van der Waals surface area contributed by atoms with Crippen molar-refractivity contribution in [3.8, 4) is 0 Å². The zero-order valence-corrected chi connectivity index (χ0v) is 13.7. The molecule has 0 aromatic carbocycles. The van der Waals surface area contributed by atoms with Crippen LogP contribution < -0.4 is 10.6 Å². The van der Waals surface area contributed by atoms with Crippen molar-refractivity contribution in [3.05, 3.63) is 0 Å². The Labute approximate surface area is 132 Å². The van der Waals surface area contributed by atoms with Gasteiger partial charge in [-0.1, -0.05) is 0 Å². The predicted octanol–water partition coefficient (Wildman–Crippen LogP) is -2.14. The number of β-amino-alcohol motifs (C(OH)–C–C–N with tert-alkyl or cyclic N) is 2. The topological polar surface area (TPSA) is 88.1 Å². The van der Waals surface area contributed by atoms with Crippen LogP contribution in [0.4, 0.5) is 0 Å². The Morgan fingerprint density at radius 1 is 0.955 bits per heavy atom. The first-order valence-electron chi connectivity index (χ1n) is 8.30. The first-order valence-corrected chi connectivity index (χ1v) is 8.30. The largest absolute Gasteiger partial charge is 0.395 e. The maximum Gasteiger partial charge on any atom is 0.169 e. The van der Waals surface area contributed by atoms with Gasteiger partial charge in [-0.05, 0) is 13.8 Å². The van der Waals surface area contributed by atoms with Gasteiger partial charge in [-0.3, -0.25) is 14.6 Å². The van der Waals surface area contributed by atoms with Gasteiger partial charge in [0.25, 0.3) is 0 Å². The Morgan fingerprint density at radius 2 is 1.36 bits per heavy atom. The number of ketones is 1. The zero-order chi connectivity index (χ0) is 16.1. The van der Waals surface area contributed by atoms with Crippen molar-refractivity contribution in [3.63, 3.8) is 0 Å². The highest BCUT2D eigenvalue weighted by Crippen LogP contribution is 2.16. The summed E-state index contributed by atoms with van der Waals surface area (Å²) in [7, 11) is 0. The van der Waals surface area contributed by atoms with Gasteiger partial charge >= 0.3 is 0 Å². The number of carbonyl (C=O) groups is 1. The Kier molecular flexibility index (Phi) is 6.73. The highest BCUT2D eigenvalue weighted by atomic mass is 16.3. The number of nitrogens with one attached hydrogen (secondary N) is 2. The van der Waals surface area contributed by atoms with E-state index in [9.17, 15) is 4.79 Å². The number of piperazine rings is 2. The number of carbonyl (C=O) groups excluding carboxylic acids is 1. The van der Waals surface area contributed by atoms with E-state index in [0.29, 0.717) is 13.1 Å². The molecule has 0 amide bonds. The third kappa shape index (κ3) is 3.84. The van der Waals surface area contributed by atoms with Gasteiger partial charge in [-0.25, -0.2) is 0 Å². The van der Waals surface area contributed by atoms with Crippen molar-refractivity contribution >= 4 is 5.78 Å². The van der Waals surface area contributed by atoms with E-state index in [1.165, 1.54) is 0 Å². The molecule has 2 rings (SSSR count). The van der Waals surface area contributed by atoms with Crippen LogP contribution in [0.2, 0.25) is 0 Å². The second-order valence-electron chi connectivity index (χ2n) is 6.27. The normalized spacial score (nSPS) is 34.7. The lowest BCUT2D eigenvalue weighted by molar-refractivity contribution is -0.128. The third-order valence-electron chi connectivity index (χ3n) is 5.03. The van der Waals surface area contributed by atoms with E-state index in [-0.39, 0.29) is 43.2 Å². The quantitative estimate of drug-likeness (QED) is 0.445. The highest BCUT2D eigenvalue weighted by molar-refractivity contribution is 5.90. The lowest BCUT2D eigenvalue weighted by atomic mass is 9.91. The SMILES string of the molecule is CC1C(C(=O)C2NCCN(CCO)C2C)NCCN1CCO. The summed E-state index contributed by atoms with van der Waals surface area (Å²) in [5, 5.41) is 25.0. The molecule has 0 aromatic rings. The Morgan fingerprint density at radius 3 is 1.73 bits per heavy atom. The highest BCUT2D eigenvalue weighted by Gasteiger charge is 2.40. The lowest BCUT2D eigenvalue weighted by Crippen LogP contribution is -2.68. The molecule has 2 fully saturated rings. The summed E-state index contributed by atoms with van der Waals surface area (Å²) in [6, 6.07) is -0.269. The van der Waals surface area contributed by atoms with Crippen LogP contribution in [0.3, 0.4) is 0 Å². The van der Waals surface area contributed by atoms with Crippen molar-refractivity contribution in [2.45, 2.75) is 38.0 Å². The van der Waals surface area contributed by atoms with E-state index in [1.54, 1.807) is 0 Å². The molecule has 2 aliphatic heterocycles. The summed E-state index contributed by atoms with van der Waals surface area (Å²) in [5.41, 5.74) is 0. The molecule has 2 aliphatic rings. The molecule has 7 heteroatoms. The van der Waals surface area contributed by atoms with Crippen molar-refractivity contribution in [2.24, 2.45) is 0 Å². The van der Waals surface area contributed by atoms with Gasteiger partial charge in [0.15, 0.2) is 5.78 Å². The Balaban J connectivity index is 2.02. The van der Waals surface area contributed by atoms with Crippen molar-refractivity contribution in [1.82, 2.24) is 20.4 Å². The molecule has 2 heterocycles. The number of hydrogen-bond donors (Lipinski definition) is 4. The summed E-state index contributed by atoms with van der Waals surface area (Å²) in [6.07, 6.45) is 0. The van der Waals surface area contributed by atoms with E-state index in [1.807, 2.05) is 13.8 Å². The molecular formula is C15H30N4O3. The summed E-state index contributed by atoms with van der Waals surface area (Å²) >= 11 is 0. The number of Topliss-reactive ketones (excluding diaryl/α,β-unsaturated/α-hetero) is 1. The van der Waals surface area contributed by atoms with Crippen molar-refractivity contribution in [1.29, 1.82) is 0 Å². The molecule has 128 valence electrons. The summed E-state index contributed by atoms with van der Waals surface area (Å²) in [6.45, 7) is 8.79. The smallest absolute Gasteiger partial charge is 0.169 e. The number of hydrogen-bond acceptors (Lipinski definition) is 7. The maximum absolute atomic E-state index is 13.0. The molecule has 0 radical (unpaired) electrons. The average Bonchev–Trinajstić information content (AvgIpc) is 2.51. The van der Waals surface area contributed by atoms with Gasteiger partial charge in [0.05, 0.1) is 25.3 Å². The van der Waals surface area contributed by atoms with Crippen molar-refractivity contribution in [2.75, 3.05) is 52.5 Å². The molecule has 2 saturated heterocycles. The molecule has 4 unspecified atom stereocenters. The van der Waals surface area contributed by atoms with Crippen molar-refractivity contribution < 1.29 is 15.0 Å². The van der Waals surface area contributed by atoms with Gasteiger partial charge in [-0.15, -0.1) is 0 Å². The second-order valence-corrected chi connectivity index (χ2v) is 6.27. The van der Waals surface area contributed by atoms with Crippen LogP contribution in [0.1, 0.15) is 13.8 Å². The Hall–Kier alpha value is -0.570. The first kappa shape index (κ1) is 17.8. The number of rotatable bonds is 6. The minimum Gasteiger partial charge on any atom is -0.395 e. The first-order chi connectivity index (χ1) is 10.6. The van der Waals surface area contributed by atoms with Gasteiger partial charge in [0.2, 0.25) is 0 Å². The number of aliphatic hydroxyl groups excluding tert-OH is 2. The summed E-state index contributed by atoms with van der Waals surface area (Å²) in [5.74, 6) is 0.185. The second kappa shape index (κ2) is 8.33. The van der Waals surface area contributed by atoms with Gasteiger partial charge in [0.1, 0.15) is 0 Å². The molecule has 22 heavy (non-hydrogen) atoms. The zero-order valence-electron chi connectivity index (χ0n) is 13.7. The maximum atomic E-state index is 13.0. The number of aliphatic hydroxyl groups is 2. The van der Waals surface area contributed by atoms with Crippen LogP contribution in [0.15, 0.2) is 0 Å². The summed E-state index contributed by atoms with van der Waals surface area (Å²) < 4.78 is 0. The fourth-order valence-electron chi connectivity index (χ4n) is 3.66. The van der Waals surface area contributed by atoms with Crippen LogP contribution in [-0.4, -0.2) is 102 Å². The average molecular weight is 314 g/mol.